The van der Waals surface area contributed by atoms with Crippen molar-refractivity contribution in [1.29, 1.82) is 0 Å². The molecule has 1 aliphatic heterocycles. The van der Waals surface area contributed by atoms with Crippen molar-refractivity contribution in [3.8, 4) is 0 Å². The third-order valence-corrected chi connectivity index (χ3v) is 2.22. The standard InChI is InChI=1S/C9H18N2O/c1-2-3-4-6-10-8-5-7-11-9(8)12/h8,10H,2-7H2,1H3,(H,11,12). The van der Waals surface area contributed by atoms with Crippen LogP contribution in [0.1, 0.15) is 32.6 Å². The Labute approximate surface area is 73.9 Å². The Morgan fingerprint density at radius 1 is 1.58 bits per heavy atom. The Morgan fingerprint density at radius 2 is 2.42 bits per heavy atom. The Kier molecular flexibility index (Phi) is 4.08. The molecule has 0 saturated carbocycles. The monoisotopic (exact) mass is 170 g/mol. The van der Waals surface area contributed by atoms with Gasteiger partial charge in [-0.2, -0.15) is 0 Å². The maximum Gasteiger partial charge on any atom is 0.237 e. The van der Waals surface area contributed by atoms with Crippen LogP contribution in [0.25, 0.3) is 0 Å². The number of amides is 1. The highest BCUT2D eigenvalue weighted by Crippen LogP contribution is 2.00. The molecule has 0 bridgehead atoms. The Morgan fingerprint density at radius 3 is 3.00 bits per heavy atom. The second kappa shape index (κ2) is 5.14. The maximum atomic E-state index is 11.1. The Hall–Kier alpha value is -0.570. The summed E-state index contributed by atoms with van der Waals surface area (Å²) in [6.45, 7) is 4.00. The highest BCUT2D eigenvalue weighted by molar-refractivity contribution is 5.83. The van der Waals surface area contributed by atoms with Gasteiger partial charge in [0, 0.05) is 6.54 Å². The lowest BCUT2D eigenvalue weighted by molar-refractivity contribution is -0.120. The smallest absolute Gasteiger partial charge is 0.237 e. The molecule has 12 heavy (non-hydrogen) atoms. The number of unbranched alkanes of at least 4 members (excludes halogenated alkanes) is 2. The van der Waals surface area contributed by atoms with E-state index in [2.05, 4.69) is 17.6 Å². The van der Waals surface area contributed by atoms with Crippen LogP contribution >= 0.6 is 0 Å². The van der Waals surface area contributed by atoms with Crippen LogP contribution in [0.3, 0.4) is 0 Å². The van der Waals surface area contributed by atoms with Gasteiger partial charge >= 0.3 is 0 Å². The van der Waals surface area contributed by atoms with E-state index < -0.39 is 0 Å². The minimum absolute atomic E-state index is 0.0851. The van der Waals surface area contributed by atoms with Crippen molar-refractivity contribution in [1.82, 2.24) is 10.6 Å². The molecule has 3 nitrogen and oxygen atoms in total. The average Bonchev–Trinajstić information content (AvgIpc) is 2.46. The second-order valence-corrected chi connectivity index (χ2v) is 3.29. The highest BCUT2D eigenvalue weighted by atomic mass is 16.2. The minimum Gasteiger partial charge on any atom is -0.355 e. The number of nitrogens with one attached hydrogen (secondary N) is 2. The van der Waals surface area contributed by atoms with E-state index >= 15 is 0 Å². The van der Waals surface area contributed by atoms with Gasteiger partial charge in [0.1, 0.15) is 0 Å². The predicted molar refractivity (Wildman–Crippen MR) is 48.9 cm³/mol. The first-order valence-electron chi connectivity index (χ1n) is 4.85. The van der Waals surface area contributed by atoms with Gasteiger partial charge in [0.2, 0.25) is 5.91 Å². The largest absolute Gasteiger partial charge is 0.355 e. The number of hydrogen-bond donors (Lipinski definition) is 2. The molecule has 0 aromatic rings. The molecule has 3 heteroatoms. The zero-order valence-corrected chi connectivity index (χ0v) is 7.73. The molecule has 0 radical (unpaired) electrons. The Balaban J connectivity index is 2.02. The van der Waals surface area contributed by atoms with Crippen molar-refractivity contribution in [3.63, 3.8) is 0 Å². The van der Waals surface area contributed by atoms with Crippen molar-refractivity contribution in [2.24, 2.45) is 0 Å². The van der Waals surface area contributed by atoms with Gasteiger partial charge in [0.05, 0.1) is 6.04 Å². The molecular weight excluding hydrogens is 152 g/mol. The fourth-order valence-corrected chi connectivity index (χ4v) is 1.44. The topological polar surface area (TPSA) is 41.1 Å². The van der Waals surface area contributed by atoms with Crippen LogP contribution in [-0.4, -0.2) is 25.0 Å². The molecule has 0 aromatic carbocycles. The van der Waals surface area contributed by atoms with Crippen LogP contribution < -0.4 is 10.6 Å². The minimum atomic E-state index is 0.0851. The van der Waals surface area contributed by atoms with Gasteiger partial charge in [0.15, 0.2) is 0 Å². The number of rotatable bonds is 5. The molecule has 0 spiro atoms. The van der Waals surface area contributed by atoms with E-state index in [1.54, 1.807) is 0 Å². The Bertz CT molecular complexity index is 147. The van der Waals surface area contributed by atoms with E-state index in [1.807, 2.05) is 0 Å². The van der Waals surface area contributed by atoms with Crippen LogP contribution in [0, 0.1) is 0 Å². The number of carbonyl (C=O) groups excluding carboxylic acids is 1. The van der Waals surface area contributed by atoms with Crippen LogP contribution in [0.4, 0.5) is 0 Å². The van der Waals surface area contributed by atoms with Gasteiger partial charge in [-0.3, -0.25) is 4.79 Å². The van der Waals surface area contributed by atoms with Crippen LogP contribution in [0.15, 0.2) is 0 Å². The van der Waals surface area contributed by atoms with E-state index in [0.29, 0.717) is 0 Å². The van der Waals surface area contributed by atoms with Crippen molar-refractivity contribution < 1.29 is 4.79 Å². The molecule has 1 atom stereocenters. The lowest BCUT2D eigenvalue weighted by Crippen LogP contribution is -2.36. The normalized spacial score (nSPS) is 22.8. The summed E-state index contributed by atoms with van der Waals surface area (Å²) in [4.78, 5) is 11.1. The molecule has 2 N–H and O–H groups in total. The van der Waals surface area contributed by atoms with Gasteiger partial charge in [-0.25, -0.2) is 0 Å². The SMILES string of the molecule is CCCCCNC1CCNC1=O. The molecule has 1 saturated heterocycles. The molecule has 1 unspecified atom stereocenters. The van der Waals surface area contributed by atoms with Gasteiger partial charge < -0.3 is 10.6 Å². The van der Waals surface area contributed by atoms with Gasteiger partial charge in [0.25, 0.3) is 0 Å². The van der Waals surface area contributed by atoms with Gasteiger partial charge in [-0.15, -0.1) is 0 Å². The zero-order chi connectivity index (χ0) is 8.81. The van der Waals surface area contributed by atoms with Crippen molar-refractivity contribution >= 4 is 5.91 Å². The van der Waals surface area contributed by atoms with E-state index in [0.717, 1.165) is 19.5 Å². The summed E-state index contributed by atoms with van der Waals surface area (Å²) >= 11 is 0. The summed E-state index contributed by atoms with van der Waals surface area (Å²) < 4.78 is 0. The van der Waals surface area contributed by atoms with Crippen LogP contribution in [0.5, 0.6) is 0 Å². The third-order valence-electron chi connectivity index (χ3n) is 2.22. The summed E-state index contributed by atoms with van der Waals surface area (Å²) in [5.74, 6) is 0.173. The fraction of sp³-hybridized carbons (Fsp3) is 0.889. The number of carbonyl (C=O) groups is 1. The molecule has 70 valence electrons. The predicted octanol–water partition coefficient (Wildman–Crippen LogP) is 0.655. The quantitative estimate of drug-likeness (QED) is 0.595. The van der Waals surface area contributed by atoms with Crippen molar-refractivity contribution in [2.45, 2.75) is 38.6 Å². The summed E-state index contributed by atoms with van der Waals surface area (Å²) in [6.07, 6.45) is 4.62. The molecule has 1 fully saturated rings. The third kappa shape index (κ3) is 2.81. The average molecular weight is 170 g/mol. The van der Waals surface area contributed by atoms with Crippen molar-refractivity contribution in [3.05, 3.63) is 0 Å². The van der Waals surface area contributed by atoms with Crippen LogP contribution in [-0.2, 0) is 4.79 Å². The van der Waals surface area contributed by atoms with Gasteiger partial charge in [-0.1, -0.05) is 19.8 Å². The van der Waals surface area contributed by atoms with E-state index in [4.69, 9.17) is 0 Å². The van der Waals surface area contributed by atoms with E-state index in [-0.39, 0.29) is 11.9 Å². The van der Waals surface area contributed by atoms with Gasteiger partial charge in [-0.05, 0) is 19.4 Å². The summed E-state index contributed by atoms with van der Waals surface area (Å²) in [5.41, 5.74) is 0. The van der Waals surface area contributed by atoms with E-state index in [9.17, 15) is 4.79 Å². The second-order valence-electron chi connectivity index (χ2n) is 3.29. The molecule has 0 aliphatic carbocycles. The summed E-state index contributed by atoms with van der Waals surface area (Å²) in [7, 11) is 0. The highest BCUT2D eigenvalue weighted by Gasteiger charge is 2.22. The molecule has 1 heterocycles. The first-order chi connectivity index (χ1) is 5.84. The lowest BCUT2D eigenvalue weighted by atomic mass is 10.2. The van der Waals surface area contributed by atoms with E-state index in [1.165, 1.54) is 19.3 Å². The summed E-state index contributed by atoms with van der Waals surface area (Å²) in [5, 5.41) is 6.06. The molecule has 0 aromatic heterocycles. The number of hydrogen-bond acceptors (Lipinski definition) is 2. The zero-order valence-electron chi connectivity index (χ0n) is 7.73. The molecule has 1 amide bonds. The first-order valence-corrected chi connectivity index (χ1v) is 4.85. The first kappa shape index (κ1) is 9.52. The molecule has 1 rings (SSSR count). The maximum absolute atomic E-state index is 11.1. The lowest BCUT2D eigenvalue weighted by Gasteiger charge is -2.08. The van der Waals surface area contributed by atoms with Crippen LogP contribution in [0.2, 0.25) is 0 Å². The fourth-order valence-electron chi connectivity index (χ4n) is 1.44. The van der Waals surface area contributed by atoms with Crippen molar-refractivity contribution in [2.75, 3.05) is 13.1 Å². The molecule has 1 aliphatic rings. The summed E-state index contributed by atoms with van der Waals surface area (Å²) in [6, 6.07) is 0.0851. The molecular formula is C9H18N2O.